The van der Waals surface area contributed by atoms with Crippen LogP contribution in [-0.4, -0.2) is 13.3 Å². The van der Waals surface area contributed by atoms with E-state index in [9.17, 15) is 23.8 Å². The van der Waals surface area contributed by atoms with E-state index >= 15 is 0 Å². The molecule has 0 saturated heterocycles. The molecule has 0 N–H and O–H groups in total. The molecule has 1 aromatic heterocycles. The van der Waals surface area contributed by atoms with E-state index in [4.69, 9.17) is 4.42 Å². The molecule has 0 fully saturated rings. The average Bonchev–Trinajstić information content (AvgIpc) is 3.15. The van der Waals surface area contributed by atoms with Crippen molar-refractivity contribution in [3.63, 3.8) is 0 Å². The molecule has 8 heteroatoms. The number of nitrogens with zero attached hydrogens (tertiary/aromatic N) is 2. The third-order valence-electron chi connectivity index (χ3n) is 3.99. The molecule has 0 saturated carbocycles. The molecule has 2 aromatic carbocycles. The van der Waals surface area contributed by atoms with Crippen molar-refractivity contribution in [1.29, 1.82) is 5.26 Å². The Morgan fingerprint density at radius 2 is 1.71 bits per heavy atom. The summed E-state index contributed by atoms with van der Waals surface area (Å²) in [6.07, 6.45) is 1.16. The Morgan fingerprint density at radius 3 is 2.29 bits per heavy atom. The van der Waals surface area contributed by atoms with Crippen LogP contribution in [0.2, 0.25) is 0 Å². The number of benzene rings is 2. The largest absolute Gasteiger partial charge is 0.457 e. The minimum atomic E-state index is -3.97. The second-order valence-corrected chi connectivity index (χ2v) is 7.86. The molecule has 1 heterocycles. The van der Waals surface area contributed by atoms with Gasteiger partial charge in [0.1, 0.15) is 17.6 Å². The summed E-state index contributed by atoms with van der Waals surface area (Å²) in [6, 6.07) is 16.8. The van der Waals surface area contributed by atoms with E-state index in [1.807, 2.05) is 6.92 Å². The number of allylic oxidation sites excluding steroid dienone is 1. The summed E-state index contributed by atoms with van der Waals surface area (Å²) >= 11 is 0. The lowest BCUT2D eigenvalue weighted by Gasteiger charge is -2.03. The number of non-ortho nitro benzene ring substituents is 1. The third kappa shape index (κ3) is 3.84. The number of hydrogen-bond acceptors (Lipinski definition) is 6. The molecule has 140 valence electrons. The first-order valence-corrected chi connectivity index (χ1v) is 9.58. The Balaban J connectivity index is 1.93. The van der Waals surface area contributed by atoms with Gasteiger partial charge in [-0.05, 0) is 43.3 Å². The summed E-state index contributed by atoms with van der Waals surface area (Å²) in [4.78, 5) is 9.80. The van der Waals surface area contributed by atoms with E-state index in [1.54, 1.807) is 24.3 Å². The molecule has 0 atom stereocenters. The molecule has 28 heavy (non-hydrogen) atoms. The lowest BCUT2D eigenvalue weighted by atomic mass is 10.1. The number of nitriles is 1. The second kappa shape index (κ2) is 7.50. The average molecular weight is 394 g/mol. The second-order valence-electron chi connectivity index (χ2n) is 5.94. The first kappa shape index (κ1) is 19.1. The van der Waals surface area contributed by atoms with Gasteiger partial charge in [0.25, 0.3) is 5.69 Å². The molecular weight excluding hydrogens is 380 g/mol. The molecule has 3 rings (SSSR count). The molecule has 3 aromatic rings. The molecule has 0 radical (unpaired) electrons. The van der Waals surface area contributed by atoms with Gasteiger partial charge in [0, 0.05) is 23.8 Å². The van der Waals surface area contributed by atoms with Crippen LogP contribution in [0.25, 0.3) is 17.4 Å². The smallest absolute Gasteiger partial charge is 0.269 e. The molecule has 0 aliphatic carbocycles. The van der Waals surface area contributed by atoms with Crippen LogP contribution in [0.15, 0.2) is 74.9 Å². The van der Waals surface area contributed by atoms with E-state index in [2.05, 4.69) is 0 Å². The van der Waals surface area contributed by atoms with E-state index < -0.39 is 19.7 Å². The standard InChI is InChI=1S/C20H14N2O5S/c1-14-2-9-18(10-3-14)28(25,26)19(13-21)12-17-8-11-20(27-17)15-4-6-16(7-5-15)22(23)24/h2-12H,1H3/b19-12+. The van der Waals surface area contributed by atoms with Gasteiger partial charge in [-0.1, -0.05) is 17.7 Å². The van der Waals surface area contributed by atoms with Gasteiger partial charge in [-0.3, -0.25) is 10.1 Å². The third-order valence-corrected chi connectivity index (χ3v) is 5.67. The molecule has 0 bridgehead atoms. The van der Waals surface area contributed by atoms with Crippen LogP contribution in [0, 0.1) is 28.4 Å². The fraction of sp³-hybridized carbons (Fsp3) is 0.0500. The zero-order valence-electron chi connectivity index (χ0n) is 14.7. The maximum Gasteiger partial charge on any atom is 0.269 e. The van der Waals surface area contributed by atoms with Crippen LogP contribution in [0.4, 0.5) is 5.69 Å². The number of furan rings is 1. The van der Waals surface area contributed by atoms with Crippen LogP contribution in [0.5, 0.6) is 0 Å². The molecule has 0 unspecified atom stereocenters. The SMILES string of the molecule is Cc1ccc(S(=O)(=O)/C(C#N)=C/c2ccc(-c3ccc([N+](=O)[O-])cc3)o2)cc1. The van der Waals surface area contributed by atoms with Crippen molar-refractivity contribution in [2.24, 2.45) is 0 Å². The maximum atomic E-state index is 12.7. The highest BCUT2D eigenvalue weighted by Gasteiger charge is 2.21. The first-order chi connectivity index (χ1) is 13.3. The van der Waals surface area contributed by atoms with Crippen molar-refractivity contribution in [2.45, 2.75) is 11.8 Å². The van der Waals surface area contributed by atoms with Gasteiger partial charge >= 0.3 is 0 Å². The van der Waals surface area contributed by atoms with Crippen molar-refractivity contribution >= 4 is 21.6 Å². The fourth-order valence-corrected chi connectivity index (χ4v) is 3.62. The predicted molar refractivity (Wildman–Crippen MR) is 103 cm³/mol. The monoisotopic (exact) mass is 394 g/mol. The Labute approximate surface area is 161 Å². The van der Waals surface area contributed by atoms with Crippen LogP contribution >= 0.6 is 0 Å². The van der Waals surface area contributed by atoms with E-state index in [0.29, 0.717) is 11.3 Å². The van der Waals surface area contributed by atoms with E-state index in [-0.39, 0.29) is 16.3 Å². The maximum absolute atomic E-state index is 12.7. The molecular formula is C20H14N2O5S. The molecule has 0 aliphatic heterocycles. The number of rotatable bonds is 5. The summed E-state index contributed by atoms with van der Waals surface area (Å²) in [6.45, 7) is 1.83. The van der Waals surface area contributed by atoms with Gasteiger partial charge in [0.05, 0.1) is 9.82 Å². The lowest BCUT2D eigenvalue weighted by molar-refractivity contribution is -0.384. The quantitative estimate of drug-likeness (QED) is 0.357. The van der Waals surface area contributed by atoms with Crippen LogP contribution < -0.4 is 0 Å². The predicted octanol–water partition coefficient (Wildman–Crippen LogP) is 4.50. The molecule has 0 aliphatic rings. The number of nitro benzene ring substituents is 1. The fourth-order valence-electron chi connectivity index (χ4n) is 2.48. The highest BCUT2D eigenvalue weighted by Crippen LogP contribution is 2.27. The minimum absolute atomic E-state index is 0.0213. The van der Waals surface area contributed by atoms with Crippen molar-refractivity contribution < 1.29 is 17.8 Å². The molecule has 7 nitrogen and oxygen atoms in total. The van der Waals surface area contributed by atoms with Gasteiger partial charge in [-0.15, -0.1) is 0 Å². The van der Waals surface area contributed by atoms with Crippen LogP contribution in [0.1, 0.15) is 11.3 Å². The number of sulfone groups is 1. The minimum Gasteiger partial charge on any atom is -0.457 e. The molecule has 0 spiro atoms. The summed E-state index contributed by atoms with van der Waals surface area (Å²) in [5.74, 6) is 0.576. The normalized spacial score (nSPS) is 11.8. The van der Waals surface area contributed by atoms with Crippen molar-refractivity contribution in [3.05, 3.63) is 87.0 Å². The lowest BCUT2D eigenvalue weighted by Crippen LogP contribution is -2.03. The van der Waals surface area contributed by atoms with Gasteiger partial charge in [0.15, 0.2) is 4.91 Å². The highest BCUT2D eigenvalue weighted by atomic mass is 32.2. The topological polar surface area (TPSA) is 114 Å². The molecule has 0 amide bonds. The number of hydrogen-bond donors (Lipinski definition) is 0. The van der Waals surface area contributed by atoms with E-state index in [1.165, 1.54) is 42.5 Å². The van der Waals surface area contributed by atoms with Crippen molar-refractivity contribution in [1.82, 2.24) is 0 Å². The Hall–Kier alpha value is -3.70. The Kier molecular flexibility index (Phi) is 5.11. The Bertz CT molecular complexity index is 1200. The zero-order chi connectivity index (χ0) is 20.3. The van der Waals surface area contributed by atoms with Gasteiger partial charge in [0.2, 0.25) is 9.84 Å². The summed E-state index contributed by atoms with van der Waals surface area (Å²) in [7, 11) is -3.97. The van der Waals surface area contributed by atoms with Crippen molar-refractivity contribution in [3.8, 4) is 17.4 Å². The van der Waals surface area contributed by atoms with Crippen molar-refractivity contribution in [2.75, 3.05) is 0 Å². The summed E-state index contributed by atoms with van der Waals surface area (Å²) in [5.41, 5.74) is 1.44. The number of aryl methyl sites for hydroxylation is 1. The van der Waals surface area contributed by atoms with E-state index in [0.717, 1.165) is 11.6 Å². The van der Waals surface area contributed by atoms with Gasteiger partial charge in [-0.2, -0.15) is 5.26 Å². The number of nitro groups is 1. The van der Waals surface area contributed by atoms with Crippen LogP contribution in [-0.2, 0) is 9.84 Å². The summed E-state index contributed by atoms with van der Waals surface area (Å²) < 4.78 is 30.9. The Morgan fingerprint density at radius 1 is 1.07 bits per heavy atom. The highest BCUT2D eigenvalue weighted by molar-refractivity contribution is 7.95. The zero-order valence-corrected chi connectivity index (χ0v) is 15.5. The first-order valence-electron chi connectivity index (χ1n) is 8.09. The summed E-state index contributed by atoms with van der Waals surface area (Å²) in [5, 5.41) is 20.1. The van der Waals surface area contributed by atoms with Crippen LogP contribution in [0.3, 0.4) is 0 Å². The van der Waals surface area contributed by atoms with Gasteiger partial charge in [-0.25, -0.2) is 8.42 Å². The van der Waals surface area contributed by atoms with Gasteiger partial charge < -0.3 is 4.42 Å².